The highest BCUT2D eigenvalue weighted by molar-refractivity contribution is 5.68. The number of nitrogens with zero attached hydrogens (tertiary/aromatic N) is 3. The fraction of sp³-hybridized carbons (Fsp3) is 0.714. The topological polar surface area (TPSA) is 47.4 Å². The lowest BCUT2D eigenvalue weighted by atomic mass is 10.1. The van der Waals surface area contributed by atoms with E-state index in [1.807, 2.05) is 0 Å². The van der Waals surface area contributed by atoms with Crippen LogP contribution in [0.2, 0.25) is 0 Å². The maximum atomic E-state index is 12.6. The van der Waals surface area contributed by atoms with E-state index in [9.17, 15) is 18.0 Å². The Labute approximate surface area is 127 Å². The molecular weight excluding hydrogens is 299 g/mol. The number of carbonyl (C=O) groups is 1. The second-order valence-electron chi connectivity index (χ2n) is 6.40. The van der Waals surface area contributed by atoms with Crippen LogP contribution in [0.1, 0.15) is 45.3 Å². The minimum Gasteiger partial charge on any atom is -0.444 e. The van der Waals surface area contributed by atoms with Crippen molar-refractivity contribution in [2.45, 2.75) is 51.4 Å². The lowest BCUT2D eigenvalue weighted by Crippen LogP contribution is -2.43. The Morgan fingerprint density at radius 2 is 2.05 bits per heavy atom. The molecule has 124 valence electrons. The van der Waals surface area contributed by atoms with Crippen LogP contribution in [0.5, 0.6) is 0 Å². The summed E-state index contributed by atoms with van der Waals surface area (Å²) in [6, 6.07) is 0.684. The smallest absolute Gasteiger partial charge is 0.435 e. The fourth-order valence-electron chi connectivity index (χ4n) is 2.36. The van der Waals surface area contributed by atoms with Crippen LogP contribution in [0.25, 0.3) is 0 Å². The van der Waals surface area contributed by atoms with Crippen molar-refractivity contribution >= 4 is 6.09 Å². The van der Waals surface area contributed by atoms with Crippen LogP contribution in [0.4, 0.5) is 18.0 Å². The molecule has 1 atom stereocenters. The van der Waals surface area contributed by atoms with E-state index in [0.717, 1.165) is 6.07 Å². The molecule has 0 radical (unpaired) electrons. The number of halogens is 3. The first-order valence-electron chi connectivity index (χ1n) is 7.16. The molecule has 0 bridgehead atoms. The quantitative estimate of drug-likeness (QED) is 0.796. The standard InChI is InChI=1S/C14H20F3N3O2/c1-13(2,3)22-12(21)19-7-4-5-10(9-19)20-8-6-11(18-20)14(15,16)17/h6,8,10H,4-5,7,9H2,1-3H3/t10-/m1/s1. The average Bonchev–Trinajstić information content (AvgIpc) is 2.86. The van der Waals surface area contributed by atoms with Crippen molar-refractivity contribution in [3.8, 4) is 0 Å². The van der Waals surface area contributed by atoms with Gasteiger partial charge in [-0.25, -0.2) is 4.79 Å². The summed E-state index contributed by atoms with van der Waals surface area (Å²) in [6.45, 7) is 6.16. The minimum atomic E-state index is -4.45. The lowest BCUT2D eigenvalue weighted by molar-refractivity contribution is -0.141. The monoisotopic (exact) mass is 319 g/mol. The molecule has 1 aromatic rings. The number of hydrogen-bond acceptors (Lipinski definition) is 3. The van der Waals surface area contributed by atoms with E-state index >= 15 is 0 Å². The molecule has 0 spiro atoms. The summed E-state index contributed by atoms with van der Waals surface area (Å²) in [5, 5.41) is 3.59. The number of hydrogen-bond donors (Lipinski definition) is 0. The Balaban J connectivity index is 2.04. The molecule has 0 saturated carbocycles. The molecule has 0 aromatic carbocycles. The molecule has 2 heterocycles. The van der Waals surface area contributed by atoms with Gasteiger partial charge in [0.2, 0.25) is 0 Å². The van der Waals surface area contributed by atoms with Crippen LogP contribution in [-0.2, 0) is 10.9 Å². The summed E-state index contributed by atoms with van der Waals surface area (Å²) in [5.74, 6) is 0. The normalized spacial score (nSPS) is 20.1. The van der Waals surface area contributed by atoms with E-state index in [-0.39, 0.29) is 6.04 Å². The zero-order valence-electron chi connectivity index (χ0n) is 12.9. The number of ether oxygens (including phenoxy) is 1. The van der Waals surface area contributed by atoms with Gasteiger partial charge in [0.1, 0.15) is 5.60 Å². The van der Waals surface area contributed by atoms with Gasteiger partial charge in [0.15, 0.2) is 5.69 Å². The average molecular weight is 319 g/mol. The molecular formula is C14H20F3N3O2. The van der Waals surface area contributed by atoms with E-state index in [4.69, 9.17) is 4.74 Å². The van der Waals surface area contributed by atoms with Crippen molar-refractivity contribution < 1.29 is 22.7 Å². The zero-order valence-corrected chi connectivity index (χ0v) is 12.9. The highest BCUT2D eigenvalue weighted by atomic mass is 19.4. The molecule has 5 nitrogen and oxygen atoms in total. The van der Waals surface area contributed by atoms with Gasteiger partial charge in [-0.1, -0.05) is 0 Å². The first-order chi connectivity index (χ1) is 10.1. The highest BCUT2D eigenvalue weighted by Gasteiger charge is 2.35. The summed E-state index contributed by atoms with van der Waals surface area (Å²) in [5.41, 5.74) is -1.51. The lowest BCUT2D eigenvalue weighted by Gasteiger charge is -2.34. The summed E-state index contributed by atoms with van der Waals surface area (Å²) >= 11 is 0. The van der Waals surface area contributed by atoms with Gasteiger partial charge < -0.3 is 9.64 Å². The molecule has 1 aliphatic rings. The van der Waals surface area contributed by atoms with Crippen molar-refractivity contribution in [3.63, 3.8) is 0 Å². The van der Waals surface area contributed by atoms with Crippen LogP contribution in [0.3, 0.4) is 0 Å². The summed E-state index contributed by atoms with van der Waals surface area (Å²) < 4.78 is 44.4. The second kappa shape index (κ2) is 5.81. The van der Waals surface area contributed by atoms with E-state index in [0.29, 0.717) is 25.9 Å². The van der Waals surface area contributed by atoms with Gasteiger partial charge in [0.05, 0.1) is 6.04 Å². The third kappa shape index (κ3) is 4.14. The first kappa shape index (κ1) is 16.6. The summed E-state index contributed by atoms with van der Waals surface area (Å²) in [6.07, 6.45) is -2.21. The zero-order chi connectivity index (χ0) is 16.5. The number of carbonyl (C=O) groups excluding carboxylic acids is 1. The maximum absolute atomic E-state index is 12.6. The molecule has 1 aliphatic heterocycles. The predicted molar refractivity (Wildman–Crippen MR) is 73.3 cm³/mol. The number of piperidine rings is 1. The predicted octanol–water partition coefficient (Wildman–Crippen LogP) is 3.47. The molecule has 0 N–H and O–H groups in total. The highest BCUT2D eigenvalue weighted by Crippen LogP contribution is 2.29. The van der Waals surface area contributed by atoms with Gasteiger partial charge in [-0.2, -0.15) is 18.3 Å². The third-order valence-corrected chi connectivity index (χ3v) is 3.32. The molecule has 22 heavy (non-hydrogen) atoms. The Morgan fingerprint density at radius 1 is 1.36 bits per heavy atom. The van der Waals surface area contributed by atoms with Crippen LogP contribution in [-0.4, -0.2) is 39.5 Å². The molecule has 1 fully saturated rings. The van der Waals surface area contributed by atoms with Crippen molar-refractivity contribution in [2.75, 3.05) is 13.1 Å². The SMILES string of the molecule is CC(C)(C)OC(=O)N1CCC[C@@H](n2ccc(C(F)(F)F)n2)C1. The van der Waals surface area contributed by atoms with Crippen LogP contribution < -0.4 is 0 Å². The largest absolute Gasteiger partial charge is 0.444 e. The van der Waals surface area contributed by atoms with E-state index in [1.165, 1.54) is 15.8 Å². The number of aromatic nitrogens is 2. The fourth-order valence-corrected chi connectivity index (χ4v) is 2.36. The van der Waals surface area contributed by atoms with Crippen molar-refractivity contribution in [1.82, 2.24) is 14.7 Å². The number of alkyl halides is 3. The Bertz CT molecular complexity index is 534. The second-order valence-corrected chi connectivity index (χ2v) is 6.40. The Morgan fingerprint density at radius 3 is 2.59 bits per heavy atom. The van der Waals surface area contributed by atoms with Gasteiger partial charge in [-0.15, -0.1) is 0 Å². The van der Waals surface area contributed by atoms with E-state index in [2.05, 4.69) is 5.10 Å². The maximum Gasteiger partial charge on any atom is 0.435 e. The summed E-state index contributed by atoms with van der Waals surface area (Å²) in [4.78, 5) is 13.6. The Kier molecular flexibility index (Phi) is 4.39. The molecule has 1 aromatic heterocycles. The minimum absolute atomic E-state index is 0.266. The third-order valence-electron chi connectivity index (χ3n) is 3.32. The number of amides is 1. The van der Waals surface area contributed by atoms with Crippen LogP contribution in [0.15, 0.2) is 12.3 Å². The number of rotatable bonds is 1. The van der Waals surface area contributed by atoms with E-state index in [1.54, 1.807) is 20.8 Å². The van der Waals surface area contributed by atoms with Gasteiger partial charge in [0, 0.05) is 19.3 Å². The molecule has 0 aliphatic carbocycles. The summed E-state index contributed by atoms with van der Waals surface area (Å²) in [7, 11) is 0. The van der Waals surface area contributed by atoms with Gasteiger partial charge >= 0.3 is 12.3 Å². The van der Waals surface area contributed by atoms with Crippen LogP contribution in [0, 0.1) is 0 Å². The first-order valence-corrected chi connectivity index (χ1v) is 7.16. The molecule has 8 heteroatoms. The van der Waals surface area contributed by atoms with Gasteiger partial charge in [-0.3, -0.25) is 4.68 Å². The Hall–Kier alpha value is -1.73. The van der Waals surface area contributed by atoms with Gasteiger partial charge in [0.25, 0.3) is 0 Å². The van der Waals surface area contributed by atoms with Crippen molar-refractivity contribution in [1.29, 1.82) is 0 Å². The van der Waals surface area contributed by atoms with Gasteiger partial charge in [-0.05, 0) is 39.7 Å². The van der Waals surface area contributed by atoms with Crippen LogP contribution >= 0.6 is 0 Å². The number of likely N-dealkylation sites (tertiary alicyclic amines) is 1. The van der Waals surface area contributed by atoms with Crippen molar-refractivity contribution in [3.05, 3.63) is 18.0 Å². The van der Waals surface area contributed by atoms with E-state index < -0.39 is 23.6 Å². The molecule has 1 saturated heterocycles. The molecule has 2 rings (SSSR count). The van der Waals surface area contributed by atoms with Crippen molar-refractivity contribution in [2.24, 2.45) is 0 Å². The molecule has 1 amide bonds. The molecule has 0 unspecified atom stereocenters.